The molecule has 0 aromatic rings. The van der Waals surface area contributed by atoms with Crippen LogP contribution < -0.4 is 5.90 Å². The summed E-state index contributed by atoms with van der Waals surface area (Å²) in [5.41, 5.74) is -0.0388. The number of hydrogen-bond acceptors (Lipinski definition) is 2. The van der Waals surface area contributed by atoms with E-state index in [1.165, 1.54) is 0 Å². The van der Waals surface area contributed by atoms with E-state index in [-0.39, 0.29) is 5.41 Å². The van der Waals surface area contributed by atoms with E-state index in [0.29, 0.717) is 0 Å². The van der Waals surface area contributed by atoms with Crippen LogP contribution in [0, 0.1) is 5.41 Å². The van der Waals surface area contributed by atoms with E-state index in [1.54, 1.807) is 12.2 Å². The Labute approximate surface area is 62.3 Å². The van der Waals surface area contributed by atoms with Crippen molar-refractivity contribution in [3.63, 3.8) is 0 Å². The Bertz CT molecular complexity index is 142. The molecule has 0 aliphatic carbocycles. The minimum absolute atomic E-state index is 0.0388. The van der Waals surface area contributed by atoms with Crippen molar-refractivity contribution in [3.8, 4) is 0 Å². The molecule has 0 aliphatic heterocycles. The summed E-state index contributed by atoms with van der Waals surface area (Å²) in [6.45, 7) is 9.62. The van der Waals surface area contributed by atoms with E-state index in [0.717, 1.165) is 5.76 Å². The zero-order chi connectivity index (χ0) is 8.20. The third kappa shape index (κ3) is 2.69. The topological polar surface area (TPSA) is 35.2 Å². The normalized spacial score (nSPS) is 13.0. The second kappa shape index (κ2) is 3.42. The number of rotatable bonds is 2. The summed E-state index contributed by atoms with van der Waals surface area (Å²) in [6, 6.07) is 0. The molecule has 58 valence electrons. The fourth-order valence-corrected chi connectivity index (χ4v) is 0.573. The molecule has 2 N–H and O–H groups in total. The molecule has 0 radical (unpaired) electrons. The molecule has 2 nitrogen and oxygen atoms in total. The molecule has 0 unspecified atom stereocenters. The smallest absolute Gasteiger partial charge is 0.129 e. The van der Waals surface area contributed by atoms with E-state index < -0.39 is 0 Å². The second-order valence-corrected chi connectivity index (χ2v) is 3.13. The van der Waals surface area contributed by atoms with E-state index in [2.05, 4.69) is 11.4 Å². The second-order valence-electron chi connectivity index (χ2n) is 3.13. The van der Waals surface area contributed by atoms with Gasteiger partial charge in [0.25, 0.3) is 0 Å². The van der Waals surface area contributed by atoms with Gasteiger partial charge in [-0.1, -0.05) is 33.4 Å². The van der Waals surface area contributed by atoms with E-state index in [9.17, 15) is 0 Å². The fourth-order valence-electron chi connectivity index (χ4n) is 0.573. The first-order valence-corrected chi connectivity index (χ1v) is 3.22. The highest BCUT2D eigenvalue weighted by Crippen LogP contribution is 2.24. The van der Waals surface area contributed by atoms with Gasteiger partial charge in [0.2, 0.25) is 0 Å². The lowest BCUT2D eigenvalue weighted by Gasteiger charge is -2.19. The van der Waals surface area contributed by atoms with Crippen molar-refractivity contribution < 1.29 is 4.84 Å². The zero-order valence-electron chi connectivity index (χ0n) is 6.85. The van der Waals surface area contributed by atoms with Gasteiger partial charge in [0, 0.05) is 5.41 Å². The Morgan fingerprint density at radius 1 is 1.50 bits per heavy atom. The van der Waals surface area contributed by atoms with Crippen LogP contribution in [0.25, 0.3) is 0 Å². The maximum atomic E-state index is 5.03. The van der Waals surface area contributed by atoms with Gasteiger partial charge < -0.3 is 4.84 Å². The Kier molecular flexibility index (Phi) is 3.16. The molecule has 0 saturated heterocycles. The van der Waals surface area contributed by atoms with Crippen LogP contribution in [-0.2, 0) is 4.84 Å². The van der Waals surface area contributed by atoms with E-state index in [1.807, 2.05) is 20.8 Å². The van der Waals surface area contributed by atoms with Gasteiger partial charge in [-0.05, 0) is 6.08 Å². The largest absolute Gasteiger partial charge is 0.415 e. The maximum Gasteiger partial charge on any atom is 0.129 e. The summed E-state index contributed by atoms with van der Waals surface area (Å²) in [5.74, 6) is 5.77. The lowest BCUT2D eigenvalue weighted by molar-refractivity contribution is 0.155. The van der Waals surface area contributed by atoms with Gasteiger partial charge in [0.05, 0.1) is 0 Å². The molecule has 2 heteroatoms. The molecule has 0 atom stereocenters. The Morgan fingerprint density at radius 3 is 2.10 bits per heavy atom. The predicted molar refractivity (Wildman–Crippen MR) is 43.0 cm³/mol. The molecule has 0 saturated carbocycles. The molecule has 0 amide bonds. The molecule has 0 aromatic heterocycles. The highest BCUT2D eigenvalue weighted by atomic mass is 16.6. The van der Waals surface area contributed by atoms with Gasteiger partial charge in [-0.3, -0.25) is 0 Å². The Morgan fingerprint density at radius 2 is 2.00 bits per heavy atom. The van der Waals surface area contributed by atoms with E-state index >= 15 is 0 Å². The van der Waals surface area contributed by atoms with Crippen LogP contribution in [-0.4, -0.2) is 0 Å². The van der Waals surface area contributed by atoms with Gasteiger partial charge in [-0.2, -0.15) is 5.90 Å². The predicted octanol–water partition coefficient (Wildman–Crippen LogP) is 1.99. The first kappa shape index (κ1) is 9.24. The molecule has 0 heterocycles. The minimum atomic E-state index is -0.0388. The molecular formula is C8H15NO. The minimum Gasteiger partial charge on any atom is -0.415 e. The third-order valence-corrected chi connectivity index (χ3v) is 1.14. The molecule has 10 heavy (non-hydrogen) atoms. The van der Waals surface area contributed by atoms with Crippen molar-refractivity contribution in [3.05, 3.63) is 24.5 Å². The average molecular weight is 141 g/mol. The van der Waals surface area contributed by atoms with E-state index in [4.69, 9.17) is 5.90 Å². The van der Waals surface area contributed by atoms with Crippen molar-refractivity contribution in [2.45, 2.75) is 20.8 Å². The van der Waals surface area contributed by atoms with Gasteiger partial charge in [0.1, 0.15) is 5.76 Å². The number of allylic oxidation sites excluding steroid dienone is 3. The Hall–Kier alpha value is -0.760. The SMILES string of the molecule is C=C/C=C(\ON)C(C)(C)C. The molecule has 0 fully saturated rings. The first-order valence-electron chi connectivity index (χ1n) is 3.22. The summed E-state index contributed by atoms with van der Waals surface area (Å²) in [5, 5.41) is 0. The monoisotopic (exact) mass is 141 g/mol. The first-order chi connectivity index (χ1) is 4.52. The summed E-state index contributed by atoms with van der Waals surface area (Å²) < 4.78 is 0. The summed E-state index contributed by atoms with van der Waals surface area (Å²) in [7, 11) is 0. The quantitative estimate of drug-likeness (QED) is 0.362. The molecule has 0 rings (SSSR count). The van der Waals surface area contributed by atoms with Crippen molar-refractivity contribution in [1.82, 2.24) is 0 Å². The van der Waals surface area contributed by atoms with Crippen LogP contribution in [0.1, 0.15) is 20.8 Å². The van der Waals surface area contributed by atoms with Gasteiger partial charge >= 0.3 is 0 Å². The van der Waals surface area contributed by atoms with Crippen molar-refractivity contribution >= 4 is 0 Å². The average Bonchev–Trinajstić information content (AvgIpc) is 1.80. The van der Waals surface area contributed by atoms with Crippen LogP contribution in [0.3, 0.4) is 0 Å². The zero-order valence-corrected chi connectivity index (χ0v) is 6.85. The standard InChI is InChI=1S/C8H15NO/c1-5-6-7(10-9)8(2,3)4/h5-6H,1,9H2,2-4H3/b7-6-. The van der Waals surface area contributed by atoms with Crippen LogP contribution in [0.4, 0.5) is 0 Å². The summed E-state index contributed by atoms with van der Waals surface area (Å²) in [4.78, 5) is 4.64. The molecule has 0 aromatic carbocycles. The number of hydrogen-bond donors (Lipinski definition) is 1. The molecule has 0 bridgehead atoms. The fraction of sp³-hybridized carbons (Fsp3) is 0.500. The Balaban J connectivity index is 4.35. The summed E-state index contributed by atoms with van der Waals surface area (Å²) >= 11 is 0. The van der Waals surface area contributed by atoms with Gasteiger partial charge in [0.15, 0.2) is 0 Å². The maximum absolute atomic E-state index is 5.03. The van der Waals surface area contributed by atoms with Crippen LogP contribution in [0.15, 0.2) is 24.5 Å². The summed E-state index contributed by atoms with van der Waals surface area (Å²) in [6.07, 6.45) is 3.42. The van der Waals surface area contributed by atoms with Crippen molar-refractivity contribution in [2.75, 3.05) is 0 Å². The molecule has 0 aliphatic rings. The van der Waals surface area contributed by atoms with Crippen LogP contribution in [0.2, 0.25) is 0 Å². The third-order valence-electron chi connectivity index (χ3n) is 1.14. The lowest BCUT2D eigenvalue weighted by atomic mass is 9.94. The van der Waals surface area contributed by atoms with Crippen LogP contribution >= 0.6 is 0 Å². The highest BCUT2D eigenvalue weighted by molar-refractivity contribution is 5.10. The van der Waals surface area contributed by atoms with Gasteiger partial charge in [-0.15, -0.1) is 0 Å². The highest BCUT2D eigenvalue weighted by Gasteiger charge is 2.17. The van der Waals surface area contributed by atoms with Gasteiger partial charge in [-0.25, -0.2) is 0 Å². The van der Waals surface area contributed by atoms with Crippen LogP contribution in [0.5, 0.6) is 0 Å². The van der Waals surface area contributed by atoms with Crippen molar-refractivity contribution in [1.29, 1.82) is 0 Å². The van der Waals surface area contributed by atoms with Crippen molar-refractivity contribution in [2.24, 2.45) is 11.3 Å². The molecular weight excluding hydrogens is 126 g/mol. The lowest BCUT2D eigenvalue weighted by Crippen LogP contribution is -2.15. The molecule has 0 spiro atoms. The number of nitrogens with two attached hydrogens (primary N) is 1.